The topological polar surface area (TPSA) is 88.2 Å². The average molecular weight is 318 g/mol. The van der Waals surface area contributed by atoms with Crippen LogP contribution in [0.3, 0.4) is 0 Å². The highest BCUT2D eigenvalue weighted by atomic mass is 16.5. The van der Waals surface area contributed by atoms with Crippen molar-refractivity contribution in [3.63, 3.8) is 0 Å². The molecule has 0 saturated carbocycles. The molecule has 0 radical (unpaired) electrons. The molecule has 2 fully saturated rings. The van der Waals surface area contributed by atoms with Crippen LogP contribution >= 0.6 is 0 Å². The van der Waals surface area contributed by atoms with Crippen molar-refractivity contribution in [3.8, 4) is 0 Å². The quantitative estimate of drug-likeness (QED) is 0.830. The zero-order valence-corrected chi connectivity index (χ0v) is 13.1. The third-order valence-electron chi connectivity index (χ3n) is 4.73. The van der Waals surface area contributed by atoms with E-state index in [4.69, 9.17) is 9.47 Å². The van der Waals surface area contributed by atoms with Crippen LogP contribution in [0.2, 0.25) is 0 Å². The molecule has 4 heterocycles. The molecule has 2 unspecified atom stereocenters. The van der Waals surface area contributed by atoms with E-state index in [-0.39, 0.29) is 0 Å². The van der Waals surface area contributed by atoms with E-state index in [1.54, 1.807) is 12.7 Å². The van der Waals surface area contributed by atoms with Gasteiger partial charge in [0.05, 0.1) is 26.1 Å². The van der Waals surface area contributed by atoms with Crippen LogP contribution in [0, 0.1) is 5.92 Å². The molecular formula is C15H22N6O2. The first kappa shape index (κ1) is 14.8. The van der Waals surface area contributed by atoms with E-state index in [0.717, 1.165) is 63.8 Å². The highest BCUT2D eigenvalue weighted by molar-refractivity contribution is 5.81. The number of morpholine rings is 1. The van der Waals surface area contributed by atoms with Crippen LogP contribution in [0.5, 0.6) is 0 Å². The van der Waals surface area contributed by atoms with Crippen LogP contribution < -0.4 is 5.32 Å². The van der Waals surface area contributed by atoms with Crippen molar-refractivity contribution in [1.29, 1.82) is 0 Å². The monoisotopic (exact) mass is 318 g/mol. The first-order valence-electron chi connectivity index (χ1n) is 8.19. The van der Waals surface area contributed by atoms with Crippen molar-refractivity contribution >= 4 is 17.0 Å². The molecule has 2 saturated heterocycles. The summed E-state index contributed by atoms with van der Waals surface area (Å²) in [5, 5.41) is 3.49. The van der Waals surface area contributed by atoms with E-state index >= 15 is 0 Å². The van der Waals surface area contributed by atoms with Gasteiger partial charge in [-0.25, -0.2) is 15.0 Å². The summed E-state index contributed by atoms with van der Waals surface area (Å²) in [4.78, 5) is 18.3. The smallest absolute Gasteiger partial charge is 0.182 e. The summed E-state index contributed by atoms with van der Waals surface area (Å²) in [6.07, 6.45) is 4.32. The SMILES string of the molecule is c1nc(NCC(C2CCOC2)N2CCOCC2)c2[nH]cnc2n1. The number of imidazole rings is 1. The van der Waals surface area contributed by atoms with Crippen molar-refractivity contribution in [2.75, 3.05) is 51.4 Å². The van der Waals surface area contributed by atoms with E-state index in [1.807, 2.05) is 0 Å². The van der Waals surface area contributed by atoms with Gasteiger partial charge in [-0.2, -0.15) is 0 Å². The number of nitrogens with zero attached hydrogens (tertiary/aromatic N) is 4. The molecule has 0 aliphatic carbocycles. The summed E-state index contributed by atoms with van der Waals surface area (Å²) >= 11 is 0. The molecule has 0 bridgehead atoms. The molecular weight excluding hydrogens is 296 g/mol. The Balaban J connectivity index is 1.49. The molecule has 0 spiro atoms. The highest BCUT2D eigenvalue weighted by Gasteiger charge is 2.31. The molecule has 4 rings (SSSR count). The number of anilines is 1. The third kappa shape index (κ3) is 3.15. The molecule has 124 valence electrons. The Bertz CT molecular complexity index is 636. The molecule has 8 heteroatoms. The van der Waals surface area contributed by atoms with E-state index in [1.165, 1.54) is 0 Å². The van der Waals surface area contributed by atoms with Gasteiger partial charge in [-0.05, 0) is 6.42 Å². The van der Waals surface area contributed by atoms with Crippen molar-refractivity contribution < 1.29 is 9.47 Å². The van der Waals surface area contributed by atoms with E-state index in [0.29, 0.717) is 17.6 Å². The standard InChI is InChI=1S/C15H22N6O2/c1-4-23-8-11(1)12(21-2-5-22-6-3-21)7-16-14-13-15(18-9-17-13)20-10-19-14/h9-12H,1-8H2,(H2,16,17,18,19,20). The third-order valence-corrected chi connectivity index (χ3v) is 4.73. The van der Waals surface area contributed by atoms with Gasteiger partial charge >= 0.3 is 0 Å². The van der Waals surface area contributed by atoms with Gasteiger partial charge in [0, 0.05) is 38.2 Å². The maximum Gasteiger partial charge on any atom is 0.182 e. The molecule has 2 aromatic rings. The molecule has 2 aliphatic heterocycles. The van der Waals surface area contributed by atoms with E-state index in [9.17, 15) is 0 Å². The van der Waals surface area contributed by atoms with Crippen LogP contribution in [0.25, 0.3) is 11.2 Å². The fraction of sp³-hybridized carbons (Fsp3) is 0.667. The Morgan fingerprint density at radius 1 is 1.22 bits per heavy atom. The number of H-pyrrole nitrogens is 1. The minimum atomic E-state index is 0.425. The van der Waals surface area contributed by atoms with Gasteiger partial charge in [-0.15, -0.1) is 0 Å². The summed E-state index contributed by atoms with van der Waals surface area (Å²) in [6.45, 7) is 6.11. The van der Waals surface area contributed by atoms with Gasteiger partial charge in [-0.1, -0.05) is 0 Å². The lowest BCUT2D eigenvalue weighted by molar-refractivity contribution is 0.00460. The van der Waals surface area contributed by atoms with Gasteiger partial charge in [0.15, 0.2) is 11.5 Å². The van der Waals surface area contributed by atoms with Gasteiger partial charge in [0.2, 0.25) is 0 Å². The van der Waals surface area contributed by atoms with Crippen LogP contribution in [-0.4, -0.2) is 76.9 Å². The summed E-state index contributed by atoms with van der Waals surface area (Å²) in [5.74, 6) is 1.37. The average Bonchev–Trinajstić information content (AvgIpc) is 3.28. The number of hydrogen-bond donors (Lipinski definition) is 2. The molecule has 2 aliphatic rings. The predicted octanol–water partition coefficient (Wildman–Crippen LogP) is 0.502. The summed E-state index contributed by atoms with van der Waals surface area (Å²) in [6, 6.07) is 0.425. The summed E-state index contributed by atoms with van der Waals surface area (Å²) in [5.41, 5.74) is 1.55. The fourth-order valence-corrected chi connectivity index (χ4v) is 3.46. The number of nitrogens with one attached hydrogen (secondary N) is 2. The normalized spacial score (nSPS) is 24.1. The number of aromatic nitrogens is 4. The lowest BCUT2D eigenvalue weighted by atomic mass is 9.97. The van der Waals surface area contributed by atoms with Gasteiger partial charge in [0.25, 0.3) is 0 Å². The summed E-state index contributed by atoms with van der Waals surface area (Å²) < 4.78 is 11.1. The second-order valence-corrected chi connectivity index (χ2v) is 6.04. The Morgan fingerprint density at radius 3 is 2.96 bits per heavy atom. The lowest BCUT2D eigenvalue weighted by Crippen LogP contribution is -2.50. The molecule has 23 heavy (non-hydrogen) atoms. The number of ether oxygens (including phenoxy) is 2. The van der Waals surface area contributed by atoms with Crippen LogP contribution in [0.1, 0.15) is 6.42 Å². The van der Waals surface area contributed by atoms with Gasteiger partial charge in [0.1, 0.15) is 11.8 Å². The summed E-state index contributed by atoms with van der Waals surface area (Å²) in [7, 11) is 0. The van der Waals surface area contributed by atoms with E-state index < -0.39 is 0 Å². The molecule has 0 aromatic carbocycles. The number of rotatable bonds is 5. The molecule has 2 N–H and O–H groups in total. The van der Waals surface area contributed by atoms with Crippen LogP contribution in [0.15, 0.2) is 12.7 Å². The van der Waals surface area contributed by atoms with Crippen LogP contribution in [0.4, 0.5) is 5.82 Å². The second-order valence-electron chi connectivity index (χ2n) is 6.04. The second kappa shape index (κ2) is 6.77. The number of aromatic amines is 1. The Labute approximate surface area is 134 Å². The van der Waals surface area contributed by atoms with E-state index in [2.05, 4.69) is 30.2 Å². The number of hydrogen-bond acceptors (Lipinski definition) is 7. The maximum absolute atomic E-state index is 5.61. The zero-order chi connectivity index (χ0) is 15.5. The van der Waals surface area contributed by atoms with Crippen LogP contribution in [-0.2, 0) is 9.47 Å². The first-order valence-corrected chi connectivity index (χ1v) is 8.19. The van der Waals surface area contributed by atoms with Gasteiger partial charge < -0.3 is 19.8 Å². The largest absolute Gasteiger partial charge is 0.381 e. The maximum atomic E-state index is 5.61. The highest BCUT2D eigenvalue weighted by Crippen LogP contribution is 2.23. The minimum Gasteiger partial charge on any atom is -0.381 e. The minimum absolute atomic E-state index is 0.425. The molecule has 2 atom stereocenters. The van der Waals surface area contributed by atoms with Crippen molar-refractivity contribution in [2.45, 2.75) is 12.5 Å². The Kier molecular flexibility index (Phi) is 4.36. The fourth-order valence-electron chi connectivity index (χ4n) is 3.46. The molecule has 2 aromatic heterocycles. The predicted molar refractivity (Wildman–Crippen MR) is 85.3 cm³/mol. The molecule has 0 amide bonds. The Morgan fingerprint density at radius 2 is 2.13 bits per heavy atom. The van der Waals surface area contributed by atoms with Crippen molar-refractivity contribution in [1.82, 2.24) is 24.8 Å². The first-order chi connectivity index (χ1) is 11.4. The van der Waals surface area contributed by atoms with Crippen molar-refractivity contribution in [2.24, 2.45) is 5.92 Å². The van der Waals surface area contributed by atoms with Crippen molar-refractivity contribution in [3.05, 3.63) is 12.7 Å². The number of fused-ring (bicyclic) bond motifs is 1. The molecule has 8 nitrogen and oxygen atoms in total. The zero-order valence-electron chi connectivity index (χ0n) is 13.1. The lowest BCUT2D eigenvalue weighted by Gasteiger charge is -2.37. The Hall–Kier alpha value is -1.77. The van der Waals surface area contributed by atoms with Gasteiger partial charge in [-0.3, -0.25) is 4.90 Å².